The molecule has 0 saturated carbocycles. The second-order valence-corrected chi connectivity index (χ2v) is 3.78. The highest BCUT2D eigenvalue weighted by Gasteiger charge is 1.97. The van der Waals surface area contributed by atoms with Crippen LogP contribution < -0.4 is 0 Å². The molecule has 62 valence electrons. The largest absolute Gasteiger partial charge is 0.178 e. The Morgan fingerprint density at radius 1 is 1.20 bits per heavy atom. The van der Waals surface area contributed by atoms with Crippen molar-refractivity contribution in [3.05, 3.63) is 0 Å². The molecule has 0 bridgehead atoms. The molecule has 0 aliphatic heterocycles. The molecule has 0 aromatic rings. The normalized spacial score (nSPS) is 13.5. The van der Waals surface area contributed by atoms with E-state index in [2.05, 4.69) is 32.2 Å². The van der Waals surface area contributed by atoms with Crippen molar-refractivity contribution in [1.29, 1.82) is 0 Å². The van der Waals surface area contributed by atoms with Gasteiger partial charge in [-0.25, -0.2) is 0 Å². The third kappa shape index (κ3) is 6.81. The van der Waals surface area contributed by atoms with Gasteiger partial charge in [0, 0.05) is 11.0 Å². The summed E-state index contributed by atoms with van der Waals surface area (Å²) in [5.41, 5.74) is 0. The Kier molecular flexibility index (Phi) is 8.35. The molecular formula is C8H18S2. The van der Waals surface area contributed by atoms with Crippen LogP contribution >= 0.6 is 25.3 Å². The Morgan fingerprint density at radius 3 is 2.40 bits per heavy atom. The fraction of sp³-hybridized carbons (Fsp3) is 1.00. The minimum Gasteiger partial charge on any atom is -0.178 e. The lowest BCUT2D eigenvalue weighted by molar-refractivity contribution is 0.634. The first kappa shape index (κ1) is 10.7. The van der Waals surface area contributed by atoms with Crippen LogP contribution in [0.3, 0.4) is 0 Å². The van der Waals surface area contributed by atoms with Crippen LogP contribution in [0.4, 0.5) is 0 Å². The van der Waals surface area contributed by atoms with E-state index in [1.807, 2.05) is 0 Å². The van der Waals surface area contributed by atoms with E-state index in [1.54, 1.807) is 0 Å². The molecule has 10 heavy (non-hydrogen) atoms. The molecule has 0 spiro atoms. The molecule has 0 aromatic carbocycles. The second kappa shape index (κ2) is 7.80. The van der Waals surface area contributed by atoms with Crippen LogP contribution in [0.25, 0.3) is 0 Å². The van der Waals surface area contributed by atoms with Gasteiger partial charge in [-0.3, -0.25) is 0 Å². The highest BCUT2D eigenvalue weighted by atomic mass is 32.1. The van der Waals surface area contributed by atoms with Crippen molar-refractivity contribution in [3.8, 4) is 0 Å². The second-order valence-electron chi connectivity index (χ2n) is 2.69. The Morgan fingerprint density at radius 2 is 1.90 bits per heavy atom. The summed E-state index contributed by atoms with van der Waals surface area (Å²) in [6.07, 6.45) is 6.60. The van der Waals surface area contributed by atoms with Crippen molar-refractivity contribution in [1.82, 2.24) is 0 Å². The van der Waals surface area contributed by atoms with E-state index >= 15 is 0 Å². The first-order valence-electron chi connectivity index (χ1n) is 4.10. The Balaban J connectivity index is 2.89. The lowest BCUT2D eigenvalue weighted by Gasteiger charge is -2.05. The minimum absolute atomic E-state index is 0.514. The van der Waals surface area contributed by atoms with Crippen LogP contribution in [-0.4, -0.2) is 11.0 Å². The zero-order valence-corrected chi connectivity index (χ0v) is 8.50. The van der Waals surface area contributed by atoms with E-state index in [9.17, 15) is 0 Å². The van der Waals surface area contributed by atoms with Gasteiger partial charge >= 0.3 is 0 Å². The van der Waals surface area contributed by atoms with Crippen molar-refractivity contribution in [2.75, 3.05) is 5.75 Å². The number of unbranched alkanes of at least 4 members (excludes halogenated alkanes) is 3. The predicted octanol–water partition coefficient (Wildman–Crippen LogP) is 3.19. The van der Waals surface area contributed by atoms with Crippen LogP contribution in [0.15, 0.2) is 0 Å². The maximum absolute atomic E-state index is 4.36. The first-order chi connectivity index (χ1) is 4.81. The highest BCUT2D eigenvalue weighted by molar-refractivity contribution is 7.84. The van der Waals surface area contributed by atoms with E-state index in [-0.39, 0.29) is 0 Å². The zero-order chi connectivity index (χ0) is 7.82. The molecule has 0 aliphatic carbocycles. The van der Waals surface area contributed by atoms with Crippen molar-refractivity contribution >= 4 is 25.3 Å². The lowest BCUT2D eigenvalue weighted by Crippen LogP contribution is -1.99. The number of thiol groups is 2. The summed E-state index contributed by atoms with van der Waals surface area (Å²) >= 11 is 8.52. The molecule has 1 unspecified atom stereocenters. The fourth-order valence-corrected chi connectivity index (χ4v) is 1.26. The summed E-state index contributed by atoms with van der Waals surface area (Å²) in [6.45, 7) is 2.23. The predicted molar refractivity (Wildman–Crippen MR) is 55.4 cm³/mol. The summed E-state index contributed by atoms with van der Waals surface area (Å²) in [7, 11) is 0. The Hall–Kier alpha value is 0.700. The van der Waals surface area contributed by atoms with E-state index in [0.29, 0.717) is 5.25 Å². The van der Waals surface area contributed by atoms with Crippen molar-refractivity contribution in [3.63, 3.8) is 0 Å². The summed E-state index contributed by atoms with van der Waals surface area (Å²) in [5.74, 6) is 0.912. The first-order valence-corrected chi connectivity index (χ1v) is 5.25. The summed E-state index contributed by atoms with van der Waals surface area (Å²) in [5, 5.41) is 0.514. The van der Waals surface area contributed by atoms with E-state index < -0.39 is 0 Å². The molecule has 0 radical (unpaired) electrons. The summed E-state index contributed by atoms with van der Waals surface area (Å²) in [6, 6.07) is 0. The van der Waals surface area contributed by atoms with Crippen LogP contribution in [0, 0.1) is 0 Å². The zero-order valence-electron chi connectivity index (χ0n) is 6.71. The Bertz CT molecular complexity index is 64.3. The molecule has 0 rings (SSSR count). The van der Waals surface area contributed by atoms with Crippen molar-refractivity contribution in [2.45, 2.75) is 44.3 Å². The molecule has 0 fully saturated rings. The van der Waals surface area contributed by atoms with Crippen LogP contribution in [0.1, 0.15) is 39.0 Å². The van der Waals surface area contributed by atoms with Crippen molar-refractivity contribution < 1.29 is 0 Å². The highest BCUT2D eigenvalue weighted by Crippen LogP contribution is 2.10. The molecule has 0 aromatic heterocycles. The van der Waals surface area contributed by atoms with Gasteiger partial charge < -0.3 is 0 Å². The summed E-state index contributed by atoms with van der Waals surface area (Å²) in [4.78, 5) is 0. The van der Waals surface area contributed by atoms with Gasteiger partial charge in [0.15, 0.2) is 0 Å². The van der Waals surface area contributed by atoms with Gasteiger partial charge in [-0.15, -0.1) is 0 Å². The molecule has 0 N–H and O–H groups in total. The van der Waals surface area contributed by atoms with Gasteiger partial charge in [-0.2, -0.15) is 25.3 Å². The topological polar surface area (TPSA) is 0 Å². The van der Waals surface area contributed by atoms with Gasteiger partial charge in [0.2, 0.25) is 0 Å². The van der Waals surface area contributed by atoms with Gasteiger partial charge in [0.25, 0.3) is 0 Å². The average Bonchev–Trinajstić information content (AvgIpc) is 1.98. The standard InChI is InChI=1S/C8H18S2/c1-2-3-4-5-6-8(10)7-9/h8-10H,2-7H2,1H3. The van der Waals surface area contributed by atoms with E-state index in [1.165, 1.54) is 32.1 Å². The van der Waals surface area contributed by atoms with Crippen molar-refractivity contribution in [2.24, 2.45) is 0 Å². The van der Waals surface area contributed by atoms with Crippen LogP contribution in [-0.2, 0) is 0 Å². The van der Waals surface area contributed by atoms with Gasteiger partial charge in [0.1, 0.15) is 0 Å². The third-order valence-electron chi connectivity index (χ3n) is 1.60. The Labute approximate surface area is 75.6 Å². The van der Waals surface area contributed by atoms with E-state index in [0.717, 1.165) is 5.75 Å². The molecule has 2 heteroatoms. The molecule has 0 nitrogen and oxygen atoms in total. The van der Waals surface area contributed by atoms with Gasteiger partial charge in [-0.05, 0) is 6.42 Å². The molecule has 0 heterocycles. The fourth-order valence-electron chi connectivity index (χ4n) is 0.898. The smallest absolute Gasteiger partial charge is 0.0105 e. The SMILES string of the molecule is CCCCCCC(S)CS. The lowest BCUT2D eigenvalue weighted by atomic mass is 10.1. The quantitative estimate of drug-likeness (QED) is 0.453. The molecule has 0 saturated heterocycles. The molecular weight excluding hydrogens is 160 g/mol. The molecule has 1 atom stereocenters. The minimum atomic E-state index is 0.514. The average molecular weight is 178 g/mol. The monoisotopic (exact) mass is 178 g/mol. The number of rotatable bonds is 6. The van der Waals surface area contributed by atoms with E-state index in [4.69, 9.17) is 0 Å². The van der Waals surface area contributed by atoms with Gasteiger partial charge in [-0.1, -0.05) is 32.6 Å². The molecule has 0 aliphatic rings. The summed E-state index contributed by atoms with van der Waals surface area (Å²) < 4.78 is 0. The van der Waals surface area contributed by atoms with Gasteiger partial charge in [0.05, 0.1) is 0 Å². The molecule has 0 amide bonds. The third-order valence-corrected chi connectivity index (χ3v) is 2.77. The number of hydrogen-bond acceptors (Lipinski definition) is 2. The number of hydrogen-bond donors (Lipinski definition) is 2. The maximum atomic E-state index is 4.36. The maximum Gasteiger partial charge on any atom is 0.0105 e. The van der Waals surface area contributed by atoms with Crippen LogP contribution in [0.2, 0.25) is 0 Å². The van der Waals surface area contributed by atoms with Crippen LogP contribution in [0.5, 0.6) is 0 Å².